The lowest BCUT2D eigenvalue weighted by Crippen LogP contribution is -2.21. The van der Waals surface area contributed by atoms with Crippen molar-refractivity contribution in [3.05, 3.63) is 58.6 Å². The van der Waals surface area contributed by atoms with Gasteiger partial charge >= 0.3 is 0 Å². The summed E-state index contributed by atoms with van der Waals surface area (Å²) in [6.07, 6.45) is 8.79. The van der Waals surface area contributed by atoms with E-state index in [1.54, 1.807) is 0 Å². The quantitative estimate of drug-likeness (QED) is 0.782. The molecule has 1 aromatic heterocycles. The van der Waals surface area contributed by atoms with Gasteiger partial charge in [-0.3, -0.25) is 0 Å². The van der Waals surface area contributed by atoms with Gasteiger partial charge in [0.2, 0.25) is 0 Å². The van der Waals surface area contributed by atoms with Crippen molar-refractivity contribution in [2.45, 2.75) is 13.8 Å². The number of benzene rings is 1. The zero-order chi connectivity index (χ0) is 12.5. The molecular weight excluding hydrogens is 218 g/mol. The van der Waals surface area contributed by atoms with Gasteiger partial charge in [-0.15, -0.1) is 0 Å². The van der Waals surface area contributed by atoms with Gasteiger partial charge in [0, 0.05) is 16.6 Å². The summed E-state index contributed by atoms with van der Waals surface area (Å²) in [5.74, 6) is 0.489. The minimum Gasteiger partial charge on any atom is -0.355 e. The molecule has 0 fully saturated rings. The van der Waals surface area contributed by atoms with E-state index in [1.807, 2.05) is 0 Å². The molecule has 0 bridgehead atoms. The van der Waals surface area contributed by atoms with Crippen molar-refractivity contribution < 1.29 is 0 Å². The van der Waals surface area contributed by atoms with Crippen molar-refractivity contribution >= 4 is 12.2 Å². The van der Waals surface area contributed by atoms with Crippen LogP contribution in [0.5, 0.6) is 0 Å². The van der Waals surface area contributed by atoms with Crippen LogP contribution in [0.4, 0.5) is 0 Å². The van der Waals surface area contributed by atoms with E-state index >= 15 is 0 Å². The van der Waals surface area contributed by atoms with Crippen LogP contribution in [-0.2, 0) is 0 Å². The summed E-state index contributed by atoms with van der Waals surface area (Å²) in [7, 11) is 0. The minimum absolute atomic E-state index is 0.489. The number of aromatic nitrogens is 1. The average molecular weight is 235 g/mol. The monoisotopic (exact) mass is 235 g/mol. The van der Waals surface area contributed by atoms with E-state index < -0.39 is 0 Å². The van der Waals surface area contributed by atoms with Crippen molar-refractivity contribution in [3.8, 4) is 11.3 Å². The Morgan fingerprint density at radius 3 is 2.83 bits per heavy atom. The van der Waals surface area contributed by atoms with E-state index in [2.05, 4.69) is 73.5 Å². The first-order valence-corrected chi connectivity index (χ1v) is 6.39. The van der Waals surface area contributed by atoms with Crippen LogP contribution in [0.3, 0.4) is 0 Å². The molecule has 0 spiro atoms. The van der Waals surface area contributed by atoms with E-state index in [0.717, 1.165) is 0 Å². The molecule has 1 aliphatic rings. The Morgan fingerprint density at radius 1 is 1.17 bits per heavy atom. The van der Waals surface area contributed by atoms with Crippen molar-refractivity contribution in [1.82, 2.24) is 4.98 Å². The maximum absolute atomic E-state index is 3.51. The SMILES string of the molecule is Cc1ccccc1-c1cc2c([nH]1)=CC=CC(C)C=2. The molecule has 0 aliphatic heterocycles. The van der Waals surface area contributed by atoms with Gasteiger partial charge in [0.25, 0.3) is 0 Å². The smallest absolute Gasteiger partial charge is 0.0467 e. The molecule has 1 heterocycles. The molecule has 1 unspecified atom stereocenters. The van der Waals surface area contributed by atoms with Crippen molar-refractivity contribution in [2.24, 2.45) is 5.92 Å². The topological polar surface area (TPSA) is 15.8 Å². The van der Waals surface area contributed by atoms with Gasteiger partial charge in [0.1, 0.15) is 0 Å². The molecule has 1 N–H and O–H groups in total. The third kappa shape index (κ3) is 1.92. The molecule has 2 aromatic rings. The van der Waals surface area contributed by atoms with Crippen molar-refractivity contribution in [1.29, 1.82) is 0 Å². The Labute approximate surface area is 107 Å². The Bertz CT molecular complexity index is 716. The summed E-state index contributed by atoms with van der Waals surface area (Å²) in [6, 6.07) is 10.7. The molecule has 0 radical (unpaired) electrons. The van der Waals surface area contributed by atoms with Gasteiger partial charge in [-0.25, -0.2) is 0 Å². The van der Waals surface area contributed by atoms with Crippen LogP contribution in [0.15, 0.2) is 42.5 Å². The average Bonchev–Trinajstić information content (AvgIpc) is 2.65. The number of H-pyrrole nitrogens is 1. The summed E-state index contributed by atoms with van der Waals surface area (Å²) >= 11 is 0. The number of hydrogen-bond acceptors (Lipinski definition) is 0. The third-order valence-electron chi connectivity index (χ3n) is 3.44. The zero-order valence-electron chi connectivity index (χ0n) is 10.8. The lowest BCUT2D eigenvalue weighted by atomic mass is 10.1. The highest BCUT2D eigenvalue weighted by Crippen LogP contribution is 2.19. The van der Waals surface area contributed by atoms with E-state index in [-0.39, 0.29) is 0 Å². The number of aryl methyl sites for hydroxylation is 1. The van der Waals surface area contributed by atoms with Gasteiger partial charge in [0.05, 0.1) is 0 Å². The number of nitrogens with one attached hydrogen (secondary N) is 1. The molecule has 3 rings (SSSR count). The Hall–Kier alpha value is -2.02. The van der Waals surface area contributed by atoms with Crippen LogP contribution in [0.25, 0.3) is 23.4 Å². The fourth-order valence-corrected chi connectivity index (χ4v) is 2.45. The molecule has 0 saturated heterocycles. The third-order valence-corrected chi connectivity index (χ3v) is 3.44. The predicted octanol–water partition coefficient (Wildman–Crippen LogP) is 2.76. The Kier molecular flexibility index (Phi) is 2.67. The van der Waals surface area contributed by atoms with Gasteiger partial charge < -0.3 is 4.98 Å². The normalized spacial score (nSPS) is 17.6. The molecule has 0 saturated carbocycles. The molecule has 1 nitrogen and oxygen atoms in total. The molecule has 1 aliphatic carbocycles. The van der Waals surface area contributed by atoms with Gasteiger partial charge in [-0.05, 0) is 35.8 Å². The first kappa shape index (κ1) is 11.1. The van der Waals surface area contributed by atoms with Gasteiger partial charge in [-0.1, -0.05) is 49.4 Å². The van der Waals surface area contributed by atoms with Crippen LogP contribution in [0, 0.1) is 12.8 Å². The van der Waals surface area contributed by atoms with Crippen LogP contribution in [-0.4, -0.2) is 4.98 Å². The van der Waals surface area contributed by atoms with Crippen molar-refractivity contribution in [3.63, 3.8) is 0 Å². The molecule has 18 heavy (non-hydrogen) atoms. The summed E-state index contributed by atoms with van der Waals surface area (Å²) in [5.41, 5.74) is 3.79. The number of allylic oxidation sites excluding steroid dienone is 2. The number of fused-ring (bicyclic) bond motifs is 1. The minimum atomic E-state index is 0.489. The molecule has 1 atom stereocenters. The fraction of sp³-hybridized carbons (Fsp3) is 0.176. The zero-order valence-corrected chi connectivity index (χ0v) is 10.8. The number of hydrogen-bond donors (Lipinski definition) is 1. The van der Waals surface area contributed by atoms with Crippen LogP contribution >= 0.6 is 0 Å². The standard InChI is InChI=1S/C17H17N/c1-12-6-5-9-16-14(10-12)11-17(18-16)15-8-4-3-7-13(15)2/h3-12,18H,1-2H3. The molecule has 1 heteroatoms. The van der Waals surface area contributed by atoms with Crippen LogP contribution in [0.1, 0.15) is 12.5 Å². The summed E-state index contributed by atoms with van der Waals surface area (Å²) in [4.78, 5) is 3.51. The van der Waals surface area contributed by atoms with Gasteiger partial charge in [0.15, 0.2) is 0 Å². The van der Waals surface area contributed by atoms with E-state index in [1.165, 1.54) is 27.4 Å². The molecule has 0 amide bonds. The second-order valence-electron chi connectivity index (χ2n) is 4.94. The van der Waals surface area contributed by atoms with Crippen molar-refractivity contribution in [2.75, 3.05) is 0 Å². The molecule has 1 aromatic carbocycles. The summed E-state index contributed by atoms with van der Waals surface area (Å²) < 4.78 is 0. The van der Waals surface area contributed by atoms with Crippen LogP contribution in [0.2, 0.25) is 0 Å². The largest absolute Gasteiger partial charge is 0.355 e. The summed E-state index contributed by atoms with van der Waals surface area (Å²) in [5, 5.41) is 2.50. The lowest BCUT2D eigenvalue weighted by Gasteiger charge is -2.01. The summed E-state index contributed by atoms with van der Waals surface area (Å²) in [6.45, 7) is 4.36. The van der Waals surface area contributed by atoms with E-state index in [9.17, 15) is 0 Å². The fourth-order valence-electron chi connectivity index (χ4n) is 2.45. The highest BCUT2D eigenvalue weighted by molar-refractivity contribution is 5.64. The first-order valence-electron chi connectivity index (χ1n) is 6.39. The molecular formula is C17H17N. The van der Waals surface area contributed by atoms with Crippen LogP contribution < -0.4 is 10.6 Å². The number of rotatable bonds is 1. The predicted molar refractivity (Wildman–Crippen MR) is 77.4 cm³/mol. The molecule has 90 valence electrons. The number of aromatic amines is 1. The highest BCUT2D eigenvalue weighted by Gasteiger charge is 2.04. The van der Waals surface area contributed by atoms with E-state index in [0.29, 0.717) is 5.92 Å². The first-order chi connectivity index (χ1) is 8.74. The maximum Gasteiger partial charge on any atom is 0.0467 e. The highest BCUT2D eigenvalue weighted by atomic mass is 14.7. The second kappa shape index (κ2) is 4.34. The van der Waals surface area contributed by atoms with E-state index in [4.69, 9.17) is 0 Å². The second-order valence-corrected chi connectivity index (χ2v) is 4.94. The maximum atomic E-state index is 3.51. The Balaban J connectivity index is 2.21. The van der Waals surface area contributed by atoms with Gasteiger partial charge in [-0.2, -0.15) is 0 Å². The lowest BCUT2D eigenvalue weighted by molar-refractivity contribution is 0.998. The Morgan fingerprint density at radius 2 is 2.00 bits per heavy atom.